The molecule has 3 aromatic rings. The first-order chi connectivity index (χ1) is 13.1. The van der Waals surface area contributed by atoms with Crippen LogP contribution >= 0.6 is 11.6 Å². The number of hydrogen-bond donors (Lipinski definition) is 1. The van der Waals surface area contributed by atoms with Gasteiger partial charge in [-0.25, -0.2) is 9.78 Å². The minimum absolute atomic E-state index is 0.125. The maximum atomic E-state index is 12.4. The summed E-state index contributed by atoms with van der Waals surface area (Å²) in [5, 5.41) is 3.41. The van der Waals surface area contributed by atoms with Crippen molar-refractivity contribution in [3.63, 3.8) is 0 Å². The second kappa shape index (κ2) is 7.58. The molecule has 0 radical (unpaired) electrons. The SMILES string of the molecule is Cc1ccc2nc(CN3CCN(C(=O)Nc4ccccc4Cl)CC3)oc2c1. The molecule has 1 N–H and O–H groups in total. The van der Waals surface area contributed by atoms with E-state index < -0.39 is 0 Å². The van der Waals surface area contributed by atoms with E-state index in [-0.39, 0.29) is 6.03 Å². The van der Waals surface area contributed by atoms with Crippen LogP contribution in [0.15, 0.2) is 46.9 Å². The molecule has 7 heteroatoms. The molecule has 1 saturated heterocycles. The minimum atomic E-state index is -0.125. The van der Waals surface area contributed by atoms with Crippen LogP contribution in [0, 0.1) is 6.92 Å². The van der Waals surface area contributed by atoms with Gasteiger partial charge in [0.15, 0.2) is 5.58 Å². The number of rotatable bonds is 3. The lowest BCUT2D eigenvalue weighted by Gasteiger charge is -2.34. The number of nitrogens with one attached hydrogen (secondary N) is 1. The van der Waals surface area contributed by atoms with Crippen molar-refractivity contribution in [3.05, 3.63) is 58.9 Å². The van der Waals surface area contributed by atoms with Gasteiger partial charge < -0.3 is 14.6 Å². The number of carbonyl (C=O) groups is 1. The maximum absolute atomic E-state index is 12.4. The van der Waals surface area contributed by atoms with Gasteiger partial charge in [-0.1, -0.05) is 29.8 Å². The summed E-state index contributed by atoms with van der Waals surface area (Å²) in [6.07, 6.45) is 0. The van der Waals surface area contributed by atoms with Crippen LogP contribution in [-0.4, -0.2) is 47.0 Å². The van der Waals surface area contributed by atoms with Crippen LogP contribution in [0.1, 0.15) is 11.5 Å². The van der Waals surface area contributed by atoms with E-state index in [0.29, 0.717) is 36.2 Å². The zero-order valence-electron chi connectivity index (χ0n) is 15.1. The number of piperazine rings is 1. The van der Waals surface area contributed by atoms with Crippen LogP contribution in [0.4, 0.5) is 10.5 Å². The molecule has 0 atom stereocenters. The van der Waals surface area contributed by atoms with E-state index in [1.807, 2.05) is 37.3 Å². The second-order valence-electron chi connectivity index (χ2n) is 6.75. The number of oxazole rings is 1. The number of halogens is 1. The summed E-state index contributed by atoms with van der Waals surface area (Å²) in [5.74, 6) is 0.713. The van der Waals surface area contributed by atoms with Crippen LogP contribution in [0.2, 0.25) is 5.02 Å². The molecule has 1 fully saturated rings. The molecule has 6 nitrogen and oxygen atoms in total. The maximum Gasteiger partial charge on any atom is 0.321 e. The fourth-order valence-corrected chi connectivity index (χ4v) is 3.39. The molecule has 0 unspecified atom stereocenters. The summed E-state index contributed by atoms with van der Waals surface area (Å²) in [4.78, 5) is 21.0. The fraction of sp³-hybridized carbons (Fsp3) is 0.300. The van der Waals surface area contributed by atoms with Gasteiger partial charge in [0, 0.05) is 26.2 Å². The van der Waals surface area contributed by atoms with Gasteiger partial charge in [-0.3, -0.25) is 4.90 Å². The smallest absolute Gasteiger partial charge is 0.321 e. The van der Waals surface area contributed by atoms with Gasteiger partial charge in [-0.15, -0.1) is 0 Å². The molecule has 2 aromatic carbocycles. The summed E-state index contributed by atoms with van der Waals surface area (Å²) in [5.41, 5.74) is 3.49. The first-order valence-electron chi connectivity index (χ1n) is 8.97. The highest BCUT2D eigenvalue weighted by Gasteiger charge is 2.22. The van der Waals surface area contributed by atoms with E-state index in [1.165, 1.54) is 0 Å². The van der Waals surface area contributed by atoms with Gasteiger partial charge in [-0.05, 0) is 36.8 Å². The van der Waals surface area contributed by atoms with E-state index in [9.17, 15) is 4.79 Å². The highest BCUT2D eigenvalue weighted by molar-refractivity contribution is 6.33. The Bertz CT molecular complexity index is 964. The zero-order valence-corrected chi connectivity index (χ0v) is 15.9. The average Bonchev–Trinajstić information content (AvgIpc) is 3.05. The van der Waals surface area contributed by atoms with Crippen LogP contribution in [-0.2, 0) is 6.54 Å². The highest BCUT2D eigenvalue weighted by atomic mass is 35.5. The molecule has 140 valence electrons. The number of benzene rings is 2. The number of amides is 2. The van der Waals surface area contributed by atoms with Crippen molar-refractivity contribution < 1.29 is 9.21 Å². The van der Waals surface area contributed by atoms with Gasteiger partial charge in [-0.2, -0.15) is 0 Å². The van der Waals surface area contributed by atoms with Crippen molar-refractivity contribution in [1.29, 1.82) is 0 Å². The van der Waals surface area contributed by atoms with Gasteiger partial charge in [0.05, 0.1) is 17.3 Å². The second-order valence-corrected chi connectivity index (χ2v) is 7.16. The summed E-state index contributed by atoms with van der Waals surface area (Å²) in [7, 11) is 0. The summed E-state index contributed by atoms with van der Waals surface area (Å²) >= 11 is 6.11. The number of para-hydroxylation sites is 1. The van der Waals surface area contributed by atoms with Gasteiger partial charge in [0.25, 0.3) is 0 Å². The molecule has 2 amide bonds. The van der Waals surface area contributed by atoms with E-state index in [1.54, 1.807) is 17.0 Å². The third-order valence-corrected chi connectivity index (χ3v) is 5.05. The Morgan fingerprint density at radius 3 is 2.74 bits per heavy atom. The van der Waals surface area contributed by atoms with E-state index in [4.69, 9.17) is 16.0 Å². The number of carbonyl (C=O) groups excluding carboxylic acids is 1. The minimum Gasteiger partial charge on any atom is -0.439 e. The van der Waals surface area contributed by atoms with Crippen molar-refractivity contribution >= 4 is 34.4 Å². The van der Waals surface area contributed by atoms with Crippen molar-refractivity contribution in [3.8, 4) is 0 Å². The monoisotopic (exact) mass is 384 g/mol. The largest absolute Gasteiger partial charge is 0.439 e. The number of hydrogen-bond acceptors (Lipinski definition) is 4. The Hall–Kier alpha value is -2.57. The lowest BCUT2D eigenvalue weighted by atomic mass is 10.2. The number of anilines is 1. The van der Waals surface area contributed by atoms with Crippen LogP contribution < -0.4 is 5.32 Å². The summed E-state index contributed by atoms with van der Waals surface area (Å²) < 4.78 is 5.86. The first kappa shape index (κ1) is 17.8. The number of aryl methyl sites for hydroxylation is 1. The molecule has 0 bridgehead atoms. The number of fused-ring (bicyclic) bond motifs is 1. The van der Waals surface area contributed by atoms with Crippen molar-refractivity contribution in [1.82, 2.24) is 14.8 Å². The molecular weight excluding hydrogens is 364 g/mol. The molecule has 1 aliphatic rings. The predicted octanol–water partition coefficient (Wildman–Crippen LogP) is 4.14. The Labute approximate surface area is 162 Å². The molecule has 1 aliphatic heterocycles. The highest BCUT2D eigenvalue weighted by Crippen LogP contribution is 2.21. The quantitative estimate of drug-likeness (QED) is 0.737. The molecular formula is C20H21ClN4O2. The summed E-state index contributed by atoms with van der Waals surface area (Å²) in [6, 6.07) is 13.1. The molecule has 2 heterocycles. The van der Waals surface area contributed by atoms with Gasteiger partial charge >= 0.3 is 6.03 Å². The normalized spacial score (nSPS) is 15.3. The van der Waals surface area contributed by atoms with E-state index in [2.05, 4.69) is 15.2 Å². The lowest BCUT2D eigenvalue weighted by molar-refractivity contribution is 0.136. The predicted molar refractivity (Wildman–Crippen MR) is 106 cm³/mol. The molecule has 0 aliphatic carbocycles. The molecule has 27 heavy (non-hydrogen) atoms. The number of aromatic nitrogens is 1. The number of urea groups is 1. The molecule has 1 aromatic heterocycles. The van der Waals surface area contributed by atoms with Crippen molar-refractivity contribution in [2.24, 2.45) is 0 Å². The fourth-order valence-electron chi connectivity index (χ4n) is 3.20. The van der Waals surface area contributed by atoms with Gasteiger partial charge in [0.2, 0.25) is 5.89 Å². The summed E-state index contributed by atoms with van der Waals surface area (Å²) in [6.45, 7) is 5.52. The molecule has 0 spiro atoms. The van der Waals surface area contributed by atoms with Crippen LogP contribution in [0.5, 0.6) is 0 Å². The van der Waals surface area contributed by atoms with E-state index in [0.717, 1.165) is 29.8 Å². The van der Waals surface area contributed by atoms with Crippen molar-refractivity contribution in [2.75, 3.05) is 31.5 Å². The Kier molecular flexibility index (Phi) is 5.01. The van der Waals surface area contributed by atoms with Crippen molar-refractivity contribution in [2.45, 2.75) is 13.5 Å². The van der Waals surface area contributed by atoms with Crippen LogP contribution in [0.3, 0.4) is 0 Å². The van der Waals surface area contributed by atoms with E-state index >= 15 is 0 Å². The third kappa shape index (κ3) is 4.07. The first-order valence-corrected chi connectivity index (χ1v) is 9.35. The topological polar surface area (TPSA) is 61.6 Å². The van der Waals surface area contributed by atoms with Gasteiger partial charge in [0.1, 0.15) is 5.52 Å². The standard InChI is InChI=1S/C20H21ClN4O2/c1-14-6-7-17-18(12-14)27-19(22-17)13-24-8-10-25(11-9-24)20(26)23-16-5-3-2-4-15(16)21/h2-7,12H,8-11,13H2,1H3,(H,23,26). The average molecular weight is 385 g/mol. The molecule has 4 rings (SSSR count). The van der Waals surface area contributed by atoms with Crippen LogP contribution in [0.25, 0.3) is 11.1 Å². The third-order valence-electron chi connectivity index (χ3n) is 4.72. The lowest BCUT2D eigenvalue weighted by Crippen LogP contribution is -2.49. The Morgan fingerprint density at radius 2 is 1.96 bits per heavy atom. The Morgan fingerprint density at radius 1 is 1.19 bits per heavy atom. The Balaban J connectivity index is 1.33. The molecule has 0 saturated carbocycles. The number of nitrogens with zero attached hydrogens (tertiary/aromatic N) is 3. The zero-order chi connectivity index (χ0) is 18.8.